The van der Waals surface area contributed by atoms with Gasteiger partial charge in [0, 0.05) is 11.5 Å². The van der Waals surface area contributed by atoms with Crippen LogP contribution in [0.15, 0.2) is 74.0 Å². The maximum absolute atomic E-state index is 12.0. The van der Waals surface area contributed by atoms with Crippen molar-refractivity contribution in [3.05, 3.63) is 65.0 Å². The Morgan fingerprint density at radius 1 is 0.957 bits per heavy atom. The maximum Gasteiger partial charge on any atom is 0.336 e. The van der Waals surface area contributed by atoms with Crippen LogP contribution in [0.1, 0.15) is 0 Å². The molecule has 0 aliphatic carbocycles. The predicted octanol–water partition coefficient (Wildman–Crippen LogP) is 4.56. The van der Waals surface area contributed by atoms with E-state index in [1.807, 2.05) is 0 Å². The molecule has 0 fully saturated rings. The second-order valence-corrected chi connectivity index (χ2v) is 4.71. The molecule has 0 aliphatic rings. The summed E-state index contributed by atoms with van der Waals surface area (Å²) in [5.41, 5.74) is 1.41. The molecule has 6 heteroatoms. The van der Waals surface area contributed by atoms with Gasteiger partial charge in [-0.3, -0.25) is 0 Å². The third-order valence-corrected chi connectivity index (χ3v) is 3.07. The molecule has 0 radical (unpaired) electrons. The zero-order chi connectivity index (χ0) is 16.1. The van der Waals surface area contributed by atoms with Gasteiger partial charge in [0.25, 0.3) is 0 Å². The topological polar surface area (TPSA) is 64.2 Å². The Morgan fingerprint density at radius 3 is 2.48 bits per heavy atom. The van der Waals surface area contributed by atoms with Gasteiger partial charge in [0.15, 0.2) is 0 Å². The lowest BCUT2D eigenvalue weighted by Gasteiger charge is -2.02. The van der Waals surface area contributed by atoms with E-state index in [-0.39, 0.29) is 12.2 Å². The fraction of sp³-hybridized carbons (Fsp3) is 0.118. The Labute approximate surface area is 131 Å². The van der Waals surface area contributed by atoms with E-state index in [9.17, 15) is 9.18 Å². The van der Waals surface area contributed by atoms with Crippen molar-refractivity contribution >= 4 is 22.3 Å². The molecule has 0 amide bonds. The highest BCUT2D eigenvalue weighted by atomic mass is 19.1. The molecule has 3 aromatic rings. The number of halogens is 1. The minimum Gasteiger partial charge on any atom is -0.491 e. The van der Waals surface area contributed by atoms with E-state index < -0.39 is 6.67 Å². The summed E-state index contributed by atoms with van der Waals surface area (Å²) in [4.78, 5) is 11.1. The van der Waals surface area contributed by atoms with Crippen molar-refractivity contribution in [3.8, 4) is 5.75 Å². The van der Waals surface area contributed by atoms with Crippen LogP contribution < -0.4 is 10.4 Å². The van der Waals surface area contributed by atoms with Crippen LogP contribution in [0.3, 0.4) is 0 Å². The normalized spacial score (nSPS) is 11.2. The molecule has 1 aromatic heterocycles. The molecule has 0 spiro atoms. The molecule has 1 heterocycles. The Morgan fingerprint density at radius 2 is 1.70 bits per heavy atom. The number of ether oxygens (including phenoxy) is 1. The van der Waals surface area contributed by atoms with Crippen LogP contribution in [0.4, 0.5) is 15.8 Å². The summed E-state index contributed by atoms with van der Waals surface area (Å²) < 4.78 is 22.2. The molecule has 0 aliphatic heterocycles. The number of azo groups is 1. The Balaban J connectivity index is 1.76. The first kappa shape index (κ1) is 14.9. The van der Waals surface area contributed by atoms with Gasteiger partial charge in [0.2, 0.25) is 0 Å². The number of alkyl halides is 1. The van der Waals surface area contributed by atoms with Gasteiger partial charge in [0.05, 0.1) is 11.4 Å². The Hall–Kier alpha value is -3.02. The zero-order valence-corrected chi connectivity index (χ0v) is 12.1. The van der Waals surface area contributed by atoms with Crippen molar-refractivity contribution in [2.75, 3.05) is 13.3 Å². The summed E-state index contributed by atoms with van der Waals surface area (Å²) in [6.07, 6.45) is 0. The standard InChI is InChI=1S/C17H13FN2O3/c18-9-10-22-15-5-2-13(3-6-15)19-20-14-4-7-16-12(11-14)1-8-17(21)23-16/h1-8,11H,9-10H2. The molecular weight excluding hydrogens is 299 g/mol. The number of nitrogens with zero attached hydrogens (tertiary/aromatic N) is 2. The molecule has 0 atom stereocenters. The third-order valence-electron chi connectivity index (χ3n) is 3.07. The SMILES string of the molecule is O=c1ccc2cc(N=Nc3ccc(OCCF)cc3)ccc2o1. The second-order valence-electron chi connectivity index (χ2n) is 4.71. The first-order valence-electron chi connectivity index (χ1n) is 6.99. The van der Waals surface area contributed by atoms with E-state index in [2.05, 4.69) is 10.2 Å². The number of hydrogen-bond donors (Lipinski definition) is 0. The van der Waals surface area contributed by atoms with Crippen molar-refractivity contribution in [2.24, 2.45) is 10.2 Å². The van der Waals surface area contributed by atoms with Gasteiger partial charge in [-0.2, -0.15) is 10.2 Å². The van der Waals surface area contributed by atoms with Gasteiger partial charge in [-0.05, 0) is 48.5 Å². The molecule has 116 valence electrons. The molecule has 0 N–H and O–H groups in total. The minimum atomic E-state index is -0.524. The van der Waals surface area contributed by atoms with Gasteiger partial charge < -0.3 is 9.15 Å². The van der Waals surface area contributed by atoms with Gasteiger partial charge in [-0.25, -0.2) is 9.18 Å². The van der Waals surface area contributed by atoms with Gasteiger partial charge in [0.1, 0.15) is 24.6 Å². The van der Waals surface area contributed by atoms with Crippen LogP contribution in [-0.2, 0) is 0 Å². The van der Waals surface area contributed by atoms with E-state index in [0.29, 0.717) is 22.7 Å². The van der Waals surface area contributed by atoms with Crippen molar-refractivity contribution in [2.45, 2.75) is 0 Å². The monoisotopic (exact) mass is 312 g/mol. The molecule has 3 rings (SSSR count). The molecule has 23 heavy (non-hydrogen) atoms. The Kier molecular flexibility index (Phi) is 4.42. The second kappa shape index (κ2) is 6.83. The molecule has 2 aromatic carbocycles. The van der Waals surface area contributed by atoms with Crippen LogP contribution in [-0.4, -0.2) is 13.3 Å². The number of hydrogen-bond acceptors (Lipinski definition) is 5. The van der Waals surface area contributed by atoms with Gasteiger partial charge >= 0.3 is 5.63 Å². The summed E-state index contributed by atoms with van der Waals surface area (Å²) in [5.74, 6) is 0.585. The van der Waals surface area contributed by atoms with E-state index in [1.165, 1.54) is 6.07 Å². The van der Waals surface area contributed by atoms with Crippen LogP contribution in [0.25, 0.3) is 11.0 Å². The van der Waals surface area contributed by atoms with Crippen molar-refractivity contribution in [1.82, 2.24) is 0 Å². The maximum atomic E-state index is 12.0. The fourth-order valence-electron chi connectivity index (χ4n) is 2.00. The van der Waals surface area contributed by atoms with Gasteiger partial charge in [-0.15, -0.1) is 0 Å². The smallest absolute Gasteiger partial charge is 0.336 e. The van der Waals surface area contributed by atoms with Gasteiger partial charge in [-0.1, -0.05) is 0 Å². The van der Waals surface area contributed by atoms with Crippen molar-refractivity contribution < 1.29 is 13.5 Å². The van der Waals surface area contributed by atoms with Crippen LogP contribution in [0.5, 0.6) is 5.75 Å². The van der Waals surface area contributed by atoms with E-state index in [4.69, 9.17) is 9.15 Å². The number of rotatable bonds is 5. The quantitative estimate of drug-likeness (QED) is 0.512. The fourth-order valence-corrected chi connectivity index (χ4v) is 2.00. The molecule has 0 saturated carbocycles. The highest BCUT2D eigenvalue weighted by Gasteiger charge is 1.99. The van der Waals surface area contributed by atoms with E-state index >= 15 is 0 Å². The average molecular weight is 312 g/mol. The predicted molar refractivity (Wildman–Crippen MR) is 84.6 cm³/mol. The minimum absolute atomic E-state index is 0.0358. The third kappa shape index (κ3) is 3.79. The lowest BCUT2D eigenvalue weighted by Crippen LogP contribution is -1.97. The average Bonchev–Trinajstić information content (AvgIpc) is 2.59. The number of benzene rings is 2. The summed E-state index contributed by atoms with van der Waals surface area (Å²) in [6, 6.07) is 15.1. The highest BCUT2D eigenvalue weighted by molar-refractivity contribution is 5.79. The lowest BCUT2D eigenvalue weighted by atomic mass is 10.2. The largest absolute Gasteiger partial charge is 0.491 e. The molecule has 5 nitrogen and oxygen atoms in total. The summed E-state index contributed by atoms with van der Waals surface area (Å²) in [7, 11) is 0. The summed E-state index contributed by atoms with van der Waals surface area (Å²) >= 11 is 0. The zero-order valence-electron chi connectivity index (χ0n) is 12.1. The van der Waals surface area contributed by atoms with Crippen molar-refractivity contribution in [3.63, 3.8) is 0 Å². The summed E-state index contributed by atoms with van der Waals surface area (Å²) in [5, 5.41) is 9.04. The molecule has 0 saturated heterocycles. The lowest BCUT2D eigenvalue weighted by molar-refractivity contribution is 0.273. The first-order chi connectivity index (χ1) is 11.2. The van der Waals surface area contributed by atoms with Crippen molar-refractivity contribution in [1.29, 1.82) is 0 Å². The molecule has 0 bridgehead atoms. The van der Waals surface area contributed by atoms with Crippen LogP contribution in [0, 0.1) is 0 Å². The van der Waals surface area contributed by atoms with Crippen LogP contribution in [0.2, 0.25) is 0 Å². The number of fused-ring (bicyclic) bond motifs is 1. The van der Waals surface area contributed by atoms with E-state index in [0.717, 1.165) is 5.39 Å². The molecular formula is C17H13FN2O3. The first-order valence-corrected chi connectivity index (χ1v) is 6.99. The summed E-state index contributed by atoms with van der Waals surface area (Å²) in [6.45, 7) is -0.488. The van der Waals surface area contributed by atoms with Crippen LogP contribution >= 0.6 is 0 Å². The Bertz CT molecular complexity index is 888. The van der Waals surface area contributed by atoms with E-state index in [1.54, 1.807) is 48.5 Å². The molecule has 0 unspecified atom stereocenters. The highest BCUT2D eigenvalue weighted by Crippen LogP contribution is 2.24.